The molecule has 0 atom stereocenters. The highest BCUT2D eigenvalue weighted by Crippen LogP contribution is 2.57. The minimum atomic E-state index is -0.201. The van der Waals surface area contributed by atoms with Crippen molar-refractivity contribution in [1.82, 2.24) is 0 Å². The maximum absolute atomic E-state index is 2.58. The van der Waals surface area contributed by atoms with Gasteiger partial charge in [-0.3, -0.25) is 0 Å². The molecule has 4 aliphatic carbocycles. The third-order valence-electron chi connectivity index (χ3n) is 19.5. The van der Waals surface area contributed by atoms with Crippen LogP contribution in [0.25, 0.3) is 66.8 Å². The third kappa shape index (κ3) is 7.68. The van der Waals surface area contributed by atoms with Crippen LogP contribution in [0.3, 0.4) is 0 Å². The monoisotopic (exact) mass is 1030 g/mol. The van der Waals surface area contributed by atoms with Crippen LogP contribution >= 0.6 is 0 Å². The Bertz CT molecular complexity index is 3920. The molecule has 0 N–H and O–H groups in total. The maximum atomic E-state index is 2.58. The quantitative estimate of drug-likeness (QED) is 0.166. The smallest absolute Gasteiger partial charge is 0.0473 e. The third-order valence-corrected chi connectivity index (χ3v) is 19.5. The van der Waals surface area contributed by atoms with Crippen molar-refractivity contribution in [3.05, 3.63) is 231 Å². The molecule has 0 saturated carbocycles. The summed E-state index contributed by atoms with van der Waals surface area (Å²) in [7, 11) is 0. The second kappa shape index (κ2) is 16.7. The summed E-state index contributed by atoms with van der Waals surface area (Å²) < 4.78 is 0. The molecule has 0 bridgehead atoms. The van der Waals surface area contributed by atoms with Gasteiger partial charge in [0.15, 0.2) is 0 Å². The number of hydrogen-bond acceptors (Lipinski definition) is 1. The number of anilines is 3. The molecule has 13 rings (SSSR count). The van der Waals surface area contributed by atoms with E-state index in [1.54, 1.807) is 0 Å². The summed E-state index contributed by atoms with van der Waals surface area (Å²) >= 11 is 0. The average molecular weight is 1030 g/mol. The van der Waals surface area contributed by atoms with Crippen LogP contribution < -0.4 is 4.90 Å². The Kier molecular flexibility index (Phi) is 10.8. The van der Waals surface area contributed by atoms with Gasteiger partial charge in [0.2, 0.25) is 0 Å². The first kappa shape index (κ1) is 51.2. The summed E-state index contributed by atoms with van der Waals surface area (Å²) in [6.45, 7) is 40.3. The lowest BCUT2D eigenvalue weighted by Crippen LogP contribution is -2.19. The van der Waals surface area contributed by atoms with E-state index in [1.165, 1.54) is 128 Å². The standard InChI is InChI=1S/C78H79N/c1-72(2,3)50-24-31-59-57-29-22-46(39-65(57)76(12,13)67(59)41-50)48-36-49(47-23-30-58-60-32-25-51(73(4,5)6)42-68(60)77(14,15)66(58)40-47)38-55(37-48)79(53-27-34-62-56-20-18-19-21-64(56)75(10,11)70(62)44-53)54-28-35-63-61-33-26-52(74(7,8)9)43-69(61)78(16,17)71(63)45-54/h18-45H,1-17H3. The van der Waals surface area contributed by atoms with Gasteiger partial charge in [0, 0.05) is 38.7 Å². The van der Waals surface area contributed by atoms with Crippen LogP contribution in [0.2, 0.25) is 0 Å². The molecule has 1 nitrogen and oxygen atoms in total. The topological polar surface area (TPSA) is 3.24 Å². The van der Waals surface area contributed by atoms with E-state index >= 15 is 0 Å². The largest absolute Gasteiger partial charge is 0.310 e. The Morgan fingerprint density at radius 1 is 0.241 bits per heavy atom. The molecule has 0 aliphatic heterocycles. The Labute approximate surface area is 472 Å². The van der Waals surface area contributed by atoms with Gasteiger partial charge in [-0.1, -0.05) is 233 Å². The zero-order valence-electron chi connectivity index (χ0n) is 50.1. The zero-order chi connectivity index (χ0) is 55.9. The fourth-order valence-corrected chi connectivity index (χ4v) is 14.5. The second-order valence-electron chi connectivity index (χ2n) is 29.2. The molecule has 4 aliphatic rings. The molecule has 9 aromatic rings. The molecule has 0 fully saturated rings. The summed E-state index contributed by atoms with van der Waals surface area (Å²) in [5.41, 5.74) is 33.8. The molecule has 0 radical (unpaired) electrons. The first-order chi connectivity index (χ1) is 37.0. The van der Waals surface area contributed by atoms with E-state index < -0.39 is 0 Å². The molecule has 396 valence electrons. The lowest BCUT2D eigenvalue weighted by atomic mass is 9.78. The van der Waals surface area contributed by atoms with E-state index in [0.717, 1.165) is 17.1 Å². The lowest BCUT2D eigenvalue weighted by Gasteiger charge is -2.31. The van der Waals surface area contributed by atoms with Gasteiger partial charge in [0.1, 0.15) is 0 Å². The van der Waals surface area contributed by atoms with Gasteiger partial charge in [-0.05, 0) is 199 Å². The van der Waals surface area contributed by atoms with Crippen molar-refractivity contribution >= 4 is 17.1 Å². The molecule has 0 unspecified atom stereocenters. The molecule has 9 aromatic carbocycles. The zero-order valence-corrected chi connectivity index (χ0v) is 50.1. The highest BCUT2D eigenvalue weighted by Gasteiger charge is 2.41. The normalized spacial score (nSPS) is 16.3. The van der Waals surface area contributed by atoms with Gasteiger partial charge in [-0.15, -0.1) is 0 Å². The number of nitrogens with zero attached hydrogens (tertiary/aromatic N) is 1. The average Bonchev–Trinajstić information content (AvgIpc) is 3.97. The summed E-state index contributed by atoms with van der Waals surface area (Å²) in [6.07, 6.45) is 0. The fourth-order valence-electron chi connectivity index (χ4n) is 14.5. The highest BCUT2D eigenvalue weighted by atomic mass is 15.1. The van der Waals surface area contributed by atoms with Gasteiger partial charge in [-0.25, -0.2) is 0 Å². The van der Waals surface area contributed by atoms with Crippen LogP contribution in [0.15, 0.2) is 170 Å². The lowest BCUT2D eigenvalue weighted by molar-refractivity contribution is 0.584. The van der Waals surface area contributed by atoms with Crippen LogP contribution in [-0.2, 0) is 37.9 Å². The molecule has 1 heteroatoms. The van der Waals surface area contributed by atoms with Crippen molar-refractivity contribution in [2.45, 2.75) is 156 Å². The number of rotatable bonds is 5. The molecule has 0 amide bonds. The maximum Gasteiger partial charge on any atom is 0.0473 e. The Balaban J connectivity index is 1.04. The van der Waals surface area contributed by atoms with Crippen molar-refractivity contribution in [2.75, 3.05) is 4.90 Å². The molecule has 79 heavy (non-hydrogen) atoms. The van der Waals surface area contributed by atoms with E-state index in [0.29, 0.717) is 0 Å². The number of hydrogen-bond donors (Lipinski definition) is 0. The minimum Gasteiger partial charge on any atom is -0.310 e. The Morgan fingerprint density at radius 2 is 0.532 bits per heavy atom. The van der Waals surface area contributed by atoms with Crippen LogP contribution in [0.5, 0.6) is 0 Å². The predicted octanol–water partition coefficient (Wildman–Crippen LogP) is 21.6. The fraction of sp³-hybridized carbons (Fsp3) is 0.308. The van der Waals surface area contributed by atoms with Crippen molar-refractivity contribution in [1.29, 1.82) is 0 Å². The molecule has 0 saturated heterocycles. The second-order valence-corrected chi connectivity index (χ2v) is 29.2. The molecule has 0 spiro atoms. The van der Waals surface area contributed by atoms with Crippen molar-refractivity contribution in [3.63, 3.8) is 0 Å². The highest BCUT2D eigenvalue weighted by molar-refractivity contribution is 5.93. The van der Waals surface area contributed by atoms with Crippen molar-refractivity contribution < 1.29 is 0 Å². The van der Waals surface area contributed by atoms with Gasteiger partial charge in [0.25, 0.3) is 0 Å². The van der Waals surface area contributed by atoms with Crippen LogP contribution in [-0.4, -0.2) is 0 Å². The van der Waals surface area contributed by atoms with Crippen LogP contribution in [0, 0.1) is 0 Å². The number of fused-ring (bicyclic) bond motifs is 12. The molecule has 0 heterocycles. The number of benzene rings is 9. The van der Waals surface area contributed by atoms with Gasteiger partial charge < -0.3 is 4.90 Å². The van der Waals surface area contributed by atoms with E-state index in [2.05, 4.69) is 292 Å². The first-order valence-electron chi connectivity index (χ1n) is 29.1. The van der Waals surface area contributed by atoms with Crippen LogP contribution in [0.1, 0.15) is 179 Å². The Hall–Kier alpha value is -7.22. The summed E-state index contributed by atoms with van der Waals surface area (Å²) in [5, 5.41) is 0. The van der Waals surface area contributed by atoms with E-state index in [9.17, 15) is 0 Å². The van der Waals surface area contributed by atoms with Gasteiger partial charge >= 0.3 is 0 Å². The first-order valence-corrected chi connectivity index (χ1v) is 29.1. The van der Waals surface area contributed by atoms with Crippen LogP contribution in [0.4, 0.5) is 17.1 Å². The van der Waals surface area contributed by atoms with E-state index in [-0.39, 0.29) is 37.9 Å². The predicted molar refractivity (Wildman–Crippen MR) is 338 cm³/mol. The molecular formula is C78H79N. The van der Waals surface area contributed by atoms with E-state index in [4.69, 9.17) is 0 Å². The van der Waals surface area contributed by atoms with Gasteiger partial charge in [0.05, 0.1) is 0 Å². The molecule has 0 aromatic heterocycles. The minimum absolute atomic E-state index is 0.0499. The van der Waals surface area contributed by atoms with Crippen molar-refractivity contribution in [3.8, 4) is 66.8 Å². The summed E-state index contributed by atoms with van der Waals surface area (Å²) in [4.78, 5) is 2.58. The summed E-state index contributed by atoms with van der Waals surface area (Å²) in [5.74, 6) is 0. The van der Waals surface area contributed by atoms with E-state index in [1.807, 2.05) is 0 Å². The Morgan fingerprint density at radius 3 is 0.899 bits per heavy atom. The van der Waals surface area contributed by atoms with Crippen molar-refractivity contribution in [2.24, 2.45) is 0 Å². The van der Waals surface area contributed by atoms with Gasteiger partial charge in [-0.2, -0.15) is 0 Å². The summed E-state index contributed by atoms with van der Waals surface area (Å²) in [6, 6.07) is 67.4. The SMILES string of the molecule is CC(C)(C)c1ccc2c(c1)C(C)(C)c1cc(-c3cc(-c4ccc5c(c4)C(C)(C)c4cc(C(C)(C)C)ccc4-5)cc(N(c4ccc5c(c4)C(C)(C)c4ccccc4-5)c4ccc5c(c4)C(C)(C)c4cc(C(C)(C)C)ccc4-5)c3)ccc1-2. The molecular weight excluding hydrogens is 951 g/mol.